The van der Waals surface area contributed by atoms with Crippen LogP contribution in [-0.2, 0) is 6.54 Å². The summed E-state index contributed by atoms with van der Waals surface area (Å²) in [5.41, 5.74) is 0.724. The van der Waals surface area contributed by atoms with Crippen molar-refractivity contribution in [1.29, 1.82) is 0 Å². The van der Waals surface area contributed by atoms with E-state index in [0.29, 0.717) is 6.54 Å². The molecule has 0 radical (unpaired) electrons. The summed E-state index contributed by atoms with van der Waals surface area (Å²) < 4.78 is 1.69. The van der Waals surface area contributed by atoms with Crippen molar-refractivity contribution < 1.29 is 9.36 Å². The smallest absolute Gasteiger partial charge is 0.228 e. The maximum absolute atomic E-state index is 11.8. The first-order chi connectivity index (χ1) is 7.36. The van der Waals surface area contributed by atoms with Gasteiger partial charge in [0.1, 0.15) is 0 Å². The average Bonchev–Trinajstić information content (AvgIpc) is 2.31. The van der Waals surface area contributed by atoms with Gasteiger partial charge in [0.2, 0.25) is 18.5 Å². The van der Waals surface area contributed by atoms with E-state index in [1.807, 2.05) is 36.4 Å². The molecule has 0 amide bonds. The molecule has 0 aliphatic rings. The lowest BCUT2D eigenvalue weighted by Gasteiger charge is -1.94. The van der Waals surface area contributed by atoms with E-state index in [0.717, 1.165) is 5.56 Å². The molecule has 0 bridgehead atoms. The van der Waals surface area contributed by atoms with Crippen LogP contribution in [0.15, 0.2) is 48.7 Å². The second kappa shape index (κ2) is 4.39. The van der Waals surface area contributed by atoms with E-state index in [2.05, 4.69) is 12.3 Å². The third-order valence-electron chi connectivity index (χ3n) is 2.06. The first-order valence-electron chi connectivity index (χ1n) is 4.72. The van der Waals surface area contributed by atoms with Crippen LogP contribution in [0.4, 0.5) is 0 Å². The molecule has 0 fully saturated rings. The molecule has 0 atom stereocenters. The molecule has 1 heterocycles. The molecule has 0 aliphatic heterocycles. The van der Waals surface area contributed by atoms with Crippen LogP contribution in [-0.4, -0.2) is 5.78 Å². The number of carbonyl (C=O) groups is 1. The summed E-state index contributed by atoms with van der Waals surface area (Å²) in [5, 5.41) is 0. The number of nitrogens with zero attached hydrogens (tertiary/aromatic N) is 1. The van der Waals surface area contributed by atoms with E-state index in [1.54, 1.807) is 16.8 Å². The Morgan fingerprint density at radius 1 is 1.20 bits per heavy atom. The number of aromatic nitrogens is 1. The van der Waals surface area contributed by atoms with Crippen molar-refractivity contribution in [2.75, 3.05) is 0 Å². The lowest BCUT2D eigenvalue weighted by Crippen LogP contribution is -2.36. The van der Waals surface area contributed by atoms with Gasteiger partial charge in [-0.05, 0) is 0 Å². The Balaban J connectivity index is 2.12. The van der Waals surface area contributed by atoms with Crippen LogP contribution in [0.2, 0.25) is 0 Å². The molecule has 2 heteroatoms. The highest BCUT2D eigenvalue weighted by Crippen LogP contribution is 1.99. The highest BCUT2D eigenvalue weighted by Gasteiger charge is 2.10. The van der Waals surface area contributed by atoms with E-state index in [-0.39, 0.29) is 5.78 Å². The van der Waals surface area contributed by atoms with Gasteiger partial charge in [0.15, 0.2) is 6.20 Å². The summed E-state index contributed by atoms with van der Waals surface area (Å²) in [6.45, 7) is 0.307. The molecule has 0 unspecified atom stereocenters. The molecule has 2 aromatic rings. The Bertz CT molecular complexity index is 437. The average molecular weight is 196 g/mol. The Hall–Kier alpha value is -2.14. The fourth-order valence-corrected chi connectivity index (χ4v) is 1.31. The zero-order valence-corrected chi connectivity index (χ0v) is 8.18. The van der Waals surface area contributed by atoms with E-state index in [1.165, 1.54) is 0 Å². The first kappa shape index (κ1) is 9.42. The maximum atomic E-state index is 11.8. The van der Waals surface area contributed by atoms with E-state index >= 15 is 0 Å². The van der Waals surface area contributed by atoms with Crippen molar-refractivity contribution in [2.24, 2.45) is 0 Å². The van der Waals surface area contributed by atoms with Gasteiger partial charge in [-0.25, -0.2) is 0 Å². The van der Waals surface area contributed by atoms with E-state index < -0.39 is 0 Å². The number of carbonyl (C=O) groups excluding carboxylic acids is 1. The SMILES string of the molecule is O=C(C[n+]1c#cccc1)c1ccccc1. The van der Waals surface area contributed by atoms with Crippen LogP contribution in [0.25, 0.3) is 0 Å². The van der Waals surface area contributed by atoms with Crippen molar-refractivity contribution in [2.45, 2.75) is 6.54 Å². The van der Waals surface area contributed by atoms with Crippen LogP contribution in [0.3, 0.4) is 0 Å². The van der Waals surface area contributed by atoms with Gasteiger partial charge in [-0.15, -0.1) is 4.57 Å². The van der Waals surface area contributed by atoms with Crippen molar-refractivity contribution in [1.82, 2.24) is 0 Å². The molecular formula is C13H10NO+. The van der Waals surface area contributed by atoms with Gasteiger partial charge in [-0.1, -0.05) is 30.3 Å². The minimum absolute atomic E-state index is 0.0800. The third kappa shape index (κ3) is 2.41. The van der Waals surface area contributed by atoms with Crippen LogP contribution < -0.4 is 4.57 Å². The summed E-state index contributed by atoms with van der Waals surface area (Å²) in [4.78, 5) is 11.8. The van der Waals surface area contributed by atoms with Crippen LogP contribution in [0.1, 0.15) is 10.4 Å². The Morgan fingerprint density at radius 3 is 2.67 bits per heavy atom. The number of benzene rings is 1. The number of hydrogen-bond donors (Lipinski definition) is 0. The zero-order chi connectivity index (χ0) is 10.5. The number of rotatable bonds is 3. The molecule has 0 aliphatic carbocycles. The predicted molar refractivity (Wildman–Crippen MR) is 55.1 cm³/mol. The number of Topliss-reactive ketones (excluding diaryl/α,β-unsaturated/α-hetero) is 1. The largest absolute Gasteiger partial charge is 0.287 e. The molecule has 0 saturated heterocycles. The second-order valence-corrected chi connectivity index (χ2v) is 3.18. The second-order valence-electron chi connectivity index (χ2n) is 3.18. The van der Waals surface area contributed by atoms with Crippen molar-refractivity contribution >= 4 is 5.78 Å². The summed E-state index contributed by atoms with van der Waals surface area (Å²) >= 11 is 0. The minimum atomic E-state index is 0.0800. The van der Waals surface area contributed by atoms with E-state index in [4.69, 9.17) is 0 Å². The normalized spacial score (nSPS) is 9.33. The minimum Gasteiger partial charge on any atom is -0.287 e. The Morgan fingerprint density at radius 2 is 2.00 bits per heavy atom. The molecule has 1 aromatic carbocycles. The lowest BCUT2D eigenvalue weighted by molar-refractivity contribution is -0.683. The fourth-order valence-electron chi connectivity index (χ4n) is 1.31. The maximum Gasteiger partial charge on any atom is 0.228 e. The van der Waals surface area contributed by atoms with Gasteiger partial charge in [-0.2, -0.15) is 0 Å². The molecule has 2 nitrogen and oxygen atoms in total. The highest BCUT2D eigenvalue weighted by atomic mass is 16.1. The highest BCUT2D eigenvalue weighted by molar-refractivity contribution is 5.94. The number of hydrogen-bond acceptors (Lipinski definition) is 1. The van der Waals surface area contributed by atoms with Crippen LogP contribution in [0.5, 0.6) is 0 Å². The molecular weight excluding hydrogens is 186 g/mol. The van der Waals surface area contributed by atoms with Gasteiger partial charge in [0.25, 0.3) is 0 Å². The Labute approximate surface area is 88.8 Å². The van der Waals surface area contributed by atoms with Gasteiger partial charge in [0.05, 0.1) is 0 Å². The summed E-state index contributed by atoms with van der Waals surface area (Å²) in [7, 11) is 0. The zero-order valence-electron chi connectivity index (χ0n) is 8.18. The van der Waals surface area contributed by atoms with Crippen molar-refractivity contribution in [3.8, 4) is 0 Å². The third-order valence-corrected chi connectivity index (χ3v) is 2.06. The molecule has 0 N–H and O–H groups in total. The Kier molecular flexibility index (Phi) is 2.75. The molecule has 72 valence electrons. The standard InChI is InChI=1S/C13H10NO/c15-13(12-7-3-1-4-8-12)11-14-9-5-2-6-10-14/h1-5,7-9H,11H2/q+1. The molecule has 0 saturated carbocycles. The quantitative estimate of drug-likeness (QED) is 0.537. The lowest BCUT2D eigenvalue weighted by atomic mass is 10.1. The predicted octanol–water partition coefficient (Wildman–Crippen LogP) is 1.46. The molecule has 15 heavy (non-hydrogen) atoms. The molecule has 2 rings (SSSR count). The van der Waals surface area contributed by atoms with E-state index in [9.17, 15) is 4.79 Å². The molecule has 0 spiro atoms. The summed E-state index contributed by atoms with van der Waals surface area (Å²) in [6, 6.07) is 15.6. The number of ketones is 1. The summed E-state index contributed by atoms with van der Waals surface area (Å²) in [6.07, 6.45) is 4.64. The van der Waals surface area contributed by atoms with Crippen LogP contribution in [0, 0.1) is 12.3 Å². The monoisotopic (exact) mass is 196 g/mol. The van der Waals surface area contributed by atoms with Crippen LogP contribution >= 0.6 is 0 Å². The van der Waals surface area contributed by atoms with Crippen molar-refractivity contribution in [3.05, 3.63) is 66.5 Å². The molecule has 1 aromatic heterocycles. The summed E-state index contributed by atoms with van der Waals surface area (Å²) in [5.74, 6) is 0.0800. The topological polar surface area (TPSA) is 20.9 Å². The van der Waals surface area contributed by atoms with Gasteiger partial charge in [0, 0.05) is 23.8 Å². The van der Waals surface area contributed by atoms with Gasteiger partial charge < -0.3 is 0 Å². The first-order valence-corrected chi connectivity index (χ1v) is 4.72. The van der Waals surface area contributed by atoms with Crippen molar-refractivity contribution in [3.63, 3.8) is 0 Å². The van der Waals surface area contributed by atoms with Gasteiger partial charge in [-0.3, -0.25) is 4.79 Å². The van der Waals surface area contributed by atoms with Gasteiger partial charge >= 0.3 is 0 Å². The fraction of sp³-hybridized carbons (Fsp3) is 0.0769.